The zero-order valence-corrected chi connectivity index (χ0v) is 23.0. The Labute approximate surface area is 224 Å². The van der Waals surface area contributed by atoms with Crippen LogP contribution in [-0.2, 0) is 35.4 Å². The van der Waals surface area contributed by atoms with Crippen molar-refractivity contribution in [2.24, 2.45) is 0 Å². The van der Waals surface area contributed by atoms with Gasteiger partial charge in [-0.3, -0.25) is 9.59 Å². The maximum absolute atomic E-state index is 13.7. The normalized spacial score (nSPS) is 11.6. The summed E-state index contributed by atoms with van der Waals surface area (Å²) in [5, 5.41) is 3.08. The molecule has 1 atom stereocenters. The van der Waals surface area contributed by atoms with Crippen LogP contribution in [0.1, 0.15) is 55.4 Å². The van der Waals surface area contributed by atoms with Gasteiger partial charge < -0.3 is 10.2 Å². The van der Waals surface area contributed by atoms with Gasteiger partial charge in [0.25, 0.3) is 0 Å². The Morgan fingerprint density at radius 3 is 2.11 bits per heavy atom. The van der Waals surface area contributed by atoms with E-state index in [0.717, 1.165) is 40.4 Å². The van der Waals surface area contributed by atoms with Gasteiger partial charge >= 0.3 is 0 Å². The van der Waals surface area contributed by atoms with E-state index in [1.807, 2.05) is 54.6 Å². The average molecular weight is 550 g/mol. The van der Waals surface area contributed by atoms with Crippen molar-refractivity contribution in [3.63, 3.8) is 0 Å². The molecule has 2 amide bonds. The van der Waals surface area contributed by atoms with Crippen molar-refractivity contribution in [2.45, 2.75) is 65.0 Å². The third kappa shape index (κ3) is 8.63. The third-order valence-corrected chi connectivity index (χ3v) is 6.95. The largest absolute Gasteiger partial charge is 0.354 e. The minimum absolute atomic E-state index is 0.0101. The molecule has 36 heavy (non-hydrogen) atoms. The Morgan fingerprint density at radius 1 is 0.833 bits per heavy atom. The van der Waals surface area contributed by atoms with E-state index in [1.54, 1.807) is 4.90 Å². The second-order valence-corrected chi connectivity index (χ2v) is 10.1. The fourth-order valence-corrected chi connectivity index (χ4v) is 4.45. The Hall–Kier alpha value is -2.92. The first kappa shape index (κ1) is 27.7. The van der Waals surface area contributed by atoms with E-state index < -0.39 is 6.04 Å². The highest BCUT2D eigenvalue weighted by Crippen LogP contribution is 2.19. The Balaban J connectivity index is 1.85. The number of unbranched alkanes of at least 4 members (excludes halogenated alkanes) is 1. The van der Waals surface area contributed by atoms with Crippen LogP contribution in [0.4, 0.5) is 0 Å². The van der Waals surface area contributed by atoms with Gasteiger partial charge in [-0.25, -0.2) is 0 Å². The number of rotatable bonds is 13. The fraction of sp³-hybridized carbons (Fsp3) is 0.355. The highest BCUT2D eigenvalue weighted by Gasteiger charge is 2.30. The first-order chi connectivity index (χ1) is 17.5. The second-order valence-electron chi connectivity index (χ2n) is 9.17. The van der Waals surface area contributed by atoms with E-state index in [0.29, 0.717) is 32.4 Å². The van der Waals surface area contributed by atoms with E-state index in [4.69, 9.17) is 0 Å². The van der Waals surface area contributed by atoms with Gasteiger partial charge in [-0.15, -0.1) is 0 Å². The maximum Gasteiger partial charge on any atom is 0.243 e. The SMILES string of the molecule is CCCCNC(=O)[C@H](Cc1ccccc1)N(Cc1ccc(Br)cc1)C(=O)CCc1ccc(CC)cc1. The third-order valence-electron chi connectivity index (χ3n) is 6.43. The molecule has 4 nitrogen and oxygen atoms in total. The molecular weight excluding hydrogens is 512 g/mol. The highest BCUT2D eigenvalue weighted by atomic mass is 79.9. The number of carbonyl (C=O) groups excluding carboxylic acids is 2. The molecule has 0 bridgehead atoms. The molecule has 190 valence electrons. The van der Waals surface area contributed by atoms with Crippen LogP contribution in [-0.4, -0.2) is 29.3 Å². The molecule has 0 saturated carbocycles. The summed E-state index contributed by atoms with van der Waals surface area (Å²) in [7, 11) is 0. The van der Waals surface area contributed by atoms with Crippen molar-refractivity contribution in [1.82, 2.24) is 10.2 Å². The van der Waals surface area contributed by atoms with E-state index >= 15 is 0 Å². The van der Waals surface area contributed by atoms with Crippen molar-refractivity contribution in [2.75, 3.05) is 6.54 Å². The van der Waals surface area contributed by atoms with Gasteiger partial charge in [-0.1, -0.05) is 103 Å². The van der Waals surface area contributed by atoms with Gasteiger partial charge in [0.2, 0.25) is 11.8 Å². The molecule has 0 spiro atoms. The van der Waals surface area contributed by atoms with Crippen LogP contribution in [0.25, 0.3) is 0 Å². The number of hydrogen-bond acceptors (Lipinski definition) is 2. The van der Waals surface area contributed by atoms with Gasteiger partial charge in [0.15, 0.2) is 0 Å². The monoisotopic (exact) mass is 548 g/mol. The van der Waals surface area contributed by atoms with Gasteiger partial charge in [-0.2, -0.15) is 0 Å². The summed E-state index contributed by atoms with van der Waals surface area (Å²) in [5.41, 5.74) is 4.46. The van der Waals surface area contributed by atoms with Crippen molar-refractivity contribution < 1.29 is 9.59 Å². The van der Waals surface area contributed by atoms with E-state index in [2.05, 4.69) is 59.4 Å². The Bertz CT molecular complexity index is 1080. The molecule has 0 radical (unpaired) electrons. The average Bonchev–Trinajstić information content (AvgIpc) is 2.91. The Morgan fingerprint density at radius 2 is 1.47 bits per heavy atom. The number of hydrogen-bond donors (Lipinski definition) is 1. The summed E-state index contributed by atoms with van der Waals surface area (Å²) < 4.78 is 0.984. The van der Waals surface area contributed by atoms with Crippen LogP contribution < -0.4 is 5.32 Å². The predicted molar refractivity (Wildman–Crippen MR) is 151 cm³/mol. The van der Waals surface area contributed by atoms with Crippen LogP contribution in [0, 0.1) is 0 Å². The van der Waals surface area contributed by atoms with Crippen molar-refractivity contribution in [3.05, 3.63) is 106 Å². The lowest BCUT2D eigenvalue weighted by Crippen LogP contribution is -2.50. The van der Waals surface area contributed by atoms with Gasteiger partial charge in [-0.05, 0) is 53.6 Å². The van der Waals surface area contributed by atoms with Gasteiger partial charge in [0.05, 0.1) is 0 Å². The molecule has 1 N–H and O–H groups in total. The molecule has 0 heterocycles. The van der Waals surface area contributed by atoms with Crippen LogP contribution in [0.15, 0.2) is 83.3 Å². The van der Waals surface area contributed by atoms with Crippen LogP contribution in [0.5, 0.6) is 0 Å². The molecule has 0 unspecified atom stereocenters. The zero-order valence-electron chi connectivity index (χ0n) is 21.4. The molecule has 0 aromatic heterocycles. The zero-order chi connectivity index (χ0) is 25.8. The lowest BCUT2D eigenvalue weighted by Gasteiger charge is -2.32. The second kappa shape index (κ2) is 14.6. The van der Waals surface area contributed by atoms with Crippen molar-refractivity contribution in [3.8, 4) is 0 Å². The smallest absolute Gasteiger partial charge is 0.243 e. The maximum atomic E-state index is 13.7. The van der Waals surface area contributed by atoms with Crippen molar-refractivity contribution >= 4 is 27.7 Å². The number of carbonyl (C=O) groups is 2. The molecule has 0 saturated heterocycles. The van der Waals surface area contributed by atoms with E-state index in [9.17, 15) is 9.59 Å². The summed E-state index contributed by atoms with van der Waals surface area (Å²) in [4.78, 5) is 28.9. The number of amides is 2. The number of halogens is 1. The topological polar surface area (TPSA) is 49.4 Å². The number of benzene rings is 3. The predicted octanol–water partition coefficient (Wildman–Crippen LogP) is 6.50. The number of aryl methyl sites for hydroxylation is 2. The molecule has 0 aliphatic heterocycles. The van der Waals surface area contributed by atoms with Crippen molar-refractivity contribution in [1.29, 1.82) is 0 Å². The quantitative estimate of drug-likeness (QED) is 0.248. The summed E-state index contributed by atoms with van der Waals surface area (Å²) in [6, 6.07) is 25.8. The summed E-state index contributed by atoms with van der Waals surface area (Å²) in [5.74, 6) is -0.103. The molecule has 0 aliphatic carbocycles. The first-order valence-corrected chi connectivity index (χ1v) is 13.7. The molecule has 0 aliphatic rings. The molecule has 3 aromatic carbocycles. The standard InChI is InChI=1S/C31H37BrN2O2/c1-3-5-21-33-31(36)29(22-26-9-7-6-8-10-26)34(23-27-15-18-28(32)19-16-27)30(35)20-17-25-13-11-24(4-2)12-14-25/h6-16,18-19,29H,3-5,17,20-23H2,1-2H3,(H,33,36)/t29-/m0/s1. The highest BCUT2D eigenvalue weighted by molar-refractivity contribution is 9.10. The molecule has 0 fully saturated rings. The van der Waals surface area contributed by atoms with Gasteiger partial charge in [0, 0.05) is 30.4 Å². The first-order valence-electron chi connectivity index (χ1n) is 12.9. The molecule has 3 rings (SSSR count). The summed E-state index contributed by atoms with van der Waals surface area (Å²) in [6.07, 6.45) is 4.39. The van der Waals surface area contributed by atoms with E-state index in [-0.39, 0.29) is 11.8 Å². The fourth-order valence-electron chi connectivity index (χ4n) is 4.18. The Kier molecular flexibility index (Phi) is 11.2. The number of nitrogens with zero attached hydrogens (tertiary/aromatic N) is 1. The molecule has 3 aromatic rings. The van der Waals surface area contributed by atoms with Crippen LogP contribution >= 0.6 is 15.9 Å². The number of nitrogens with one attached hydrogen (secondary N) is 1. The minimum atomic E-state index is -0.581. The van der Waals surface area contributed by atoms with E-state index in [1.165, 1.54) is 5.56 Å². The summed E-state index contributed by atoms with van der Waals surface area (Å²) >= 11 is 3.49. The minimum Gasteiger partial charge on any atom is -0.354 e. The van der Waals surface area contributed by atoms with Crippen LogP contribution in [0.3, 0.4) is 0 Å². The van der Waals surface area contributed by atoms with Gasteiger partial charge in [0.1, 0.15) is 6.04 Å². The van der Waals surface area contributed by atoms with Crippen LogP contribution in [0.2, 0.25) is 0 Å². The molecule has 5 heteroatoms. The molecular formula is C31H37BrN2O2. The lowest BCUT2D eigenvalue weighted by atomic mass is 10.0. The summed E-state index contributed by atoms with van der Waals surface area (Å²) in [6.45, 7) is 5.24. The lowest BCUT2D eigenvalue weighted by molar-refractivity contribution is -0.141.